The molecule has 0 aliphatic carbocycles. The van der Waals surface area contributed by atoms with Gasteiger partial charge in [0.1, 0.15) is 5.25 Å². The number of rotatable bonds is 9. The molecule has 0 aromatic carbocycles. The highest BCUT2D eigenvalue weighted by molar-refractivity contribution is 7.99. The zero-order valence-corrected chi connectivity index (χ0v) is 11.7. The largest absolute Gasteiger partial charge is 0.469 e. The van der Waals surface area contributed by atoms with Crippen molar-refractivity contribution >= 4 is 23.7 Å². The topological polar surface area (TPSA) is 52.6 Å². The highest BCUT2D eigenvalue weighted by Gasteiger charge is 2.16. The Kier molecular flexibility index (Phi) is 10.0. The fourth-order valence-corrected chi connectivity index (χ4v) is 2.21. The van der Waals surface area contributed by atoms with Gasteiger partial charge in [0, 0.05) is 6.42 Å². The number of carbonyl (C=O) groups excluding carboxylic acids is 2. The molecular weight excluding hydrogens is 240 g/mol. The van der Waals surface area contributed by atoms with E-state index < -0.39 is 0 Å². The summed E-state index contributed by atoms with van der Waals surface area (Å²) in [5.41, 5.74) is 0. The molecule has 0 saturated heterocycles. The van der Waals surface area contributed by atoms with Crippen molar-refractivity contribution in [2.75, 3.05) is 20.5 Å². The maximum Gasteiger partial charge on any atom is 0.318 e. The molecule has 0 amide bonds. The van der Waals surface area contributed by atoms with Gasteiger partial charge in [-0.2, -0.15) is 11.8 Å². The molecule has 0 radical (unpaired) electrons. The fourth-order valence-electron chi connectivity index (χ4n) is 1.52. The van der Waals surface area contributed by atoms with E-state index >= 15 is 0 Å². The normalized spacial score (nSPS) is 11.9. The standard InChI is InChI=1S/C12H22O4S/c1-15-11(13)9-7-5-4-6-8-10(17-3)12(14)16-2/h10H,4-9H2,1-3H3/t10-/m0/s1. The van der Waals surface area contributed by atoms with Gasteiger partial charge in [-0.3, -0.25) is 9.59 Å². The van der Waals surface area contributed by atoms with Crippen molar-refractivity contribution < 1.29 is 19.1 Å². The number of hydrogen-bond donors (Lipinski definition) is 0. The summed E-state index contributed by atoms with van der Waals surface area (Å²) in [5, 5.41) is -0.0550. The first-order valence-corrected chi connectivity index (χ1v) is 7.12. The summed E-state index contributed by atoms with van der Waals surface area (Å²) >= 11 is 1.53. The van der Waals surface area contributed by atoms with E-state index in [2.05, 4.69) is 4.74 Å². The Hall–Kier alpha value is -0.710. The van der Waals surface area contributed by atoms with Crippen molar-refractivity contribution in [3.63, 3.8) is 0 Å². The molecule has 4 nitrogen and oxygen atoms in total. The Bertz CT molecular complexity index is 231. The van der Waals surface area contributed by atoms with Crippen molar-refractivity contribution in [1.82, 2.24) is 0 Å². The molecule has 0 saturated carbocycles. The van der Waals surface area contributed by atoms with Gasteiger partial charge in [-0.15, -0.1) is 0 Å². The van der Waals surface area contributed by atoms with E-state index in [1.807, 2.05) is 6.26 Å². The van der Waals surface area contributed by atoms with Crippen LogP contribution in [0.25, 0.3) is 0 Å². The third-order valence-corrected chi connectivity index (χ3v) is 3.57. The number of carbonyl (C=O) groups is 2. The molecule has 0 N–H and O–H groups in total. The third-order valence-electron chi connectivity index (χ3n) is 2.57. The minimum Gasteiger partial charge on any atom is -0.469 e. The highest BCUT2D eigenvalue weighted by atomic mass is 32.2. The van der Waals surface area contributed by atoms with E-state index in [1.54, 1.807) is 0 Å². The zero-order chi connectivity index (χ0) is 13.1. The fraction of sp³-hybridized carbons (Fsp3) is 0.833. The van der Waals surface area contributed by atoms with Gasteiger partial charge in [-0.1, -0.05) is 19.3 Å². The Balaban J connectivity index is 3.49. The van der Waals surface area contributed by atoms with Gasteiger partial charge >= 0.3 is 11.9 Å². The monoisotopic (exact) mass is 262 g/mol. The molecular formula is C12H22O4S. The predicted octanol–water partition coefficient (Wildman–Crippen LogP) is 2.40. The van der Waals surface area contributed by atoms with E-state index in [0.29, 0.717) is 6.42 Å². The van der Waals surface area contributed by atoms with Crippen LogP contribution in [0.15, 0.2) is 0 Å². The highest BCUT2D eigenvalue weighted by Crippen LogP contribution is 2.17. The van der Waals surface area contributed by atoms with Crippen LogP contribution in [0, 0.1) is 0 Å². The van der Waals surface area contributed by atoms with E-state index in [-0.39, 0.29) is 17.2 Å². The van der Waals surface area contributed by atoms with Crippen LogP contribution in [0.3, 0.4) is 0 Å². The van der Waals surface area contributed by atoms with Crippen LogP contribution in [-0.4, -0.2) is 37.7 Å². The summed E-state index contributed by atoms with van der Waals surface area (Å²) in [6.07, 6.45) is 7.11. The second-order valence-corrected chi connectivity index (χ2v) is 4.82. The maximum atomic E-state index is 11.3. The second kappa shape index (κ2) is 10.4. The molecule has 0 bridgehead atoms. The average Bonchev–Trinajstić information content (AvgIpc) is 2.36. The Morgan fingerprint density at radius 3 is 2.24 bits per heavy atom. The van der Waals surface area contributed by atoms with Gasteiger partial charge < -0.3 is 9.47 Å². The number of thioether (sulfide) groups is 1. The first-order chi connectivity index (χ1) is 8.15. The van der Waals surface area contributed by atoms with E-state index in [1.165, 1.54) is 26.0 Å². The summed E-state index contributed by atoms with van der Waals surface area (Å²) < 4.78 is 9.26. The van der Waals surface area contributed by atoms with Gasteiger partial charge in [-0.05, 0) is 19.1 Å². The van der Waals surface area contributed by atoms with Crippen molar-refractivity contribution in [3.8, 4) is 0 Å². The zero-order valence-electron chi connectivity index (χ0n) is 10.9. The summed E-state index contributed by atoms with van der Waals surface area (Å²) in [6, 6.07) is 0. The van der Waals surface area contributed by atoms with Crippen molar-refractivity contribution in [2.24, 2.45) is 0 Å². The number of methoxy groups -OCH3 is 2. The molecule has 0 unspecified atom stereocenters. The minimum atomic E-state index is -0.151. The summed E-state index contributed by atoms with van der Waals surface area (Å²) in [7, 11) is 2.82. The number of ether oxygens (including phenoxy) is 2. The molecule has 0 aliphatic heterocycles. The maximum absolute atomic E-state index is 11.3. The molecule has 0 aromatic heterocycles. The summed E-state index contributed by atoms with van der Waals surface area (Å²) in [4.78, 5) is 22.1. The van der Waals surface area contributed by atoms with Crippen LogP contribution in [0.2, 0.25) is 0 Å². The molecule has 0 aliphatic rings. The Morgan fingerprint density at radius 2 is 1.71 bits per heavy atom. The molecule has 1 atom stereocenters. The van der Waals surface area contributed by atoms with Crippen LogP contribution >= 0.6 is 11.8 Å². The van der Waals surface area contributed by atoms with Crippen molar-refractivity contribution in [3.05, 3.63) is 0 Å². The number of unbranched alkanes of at least 4 members (excludes halogenated alkanes) is 3. The lowest BCUT2D eigenvalue weighted by Crippen LogP contribution is -2.18. The SMILES string of the molecule is COC(=O)CCCCCC[C@H](SC)C(=O)OC. The first kappa shape index (κ1) is 16.3. The van der Waals surface area contributed by atoms with Gasteiger partial charge in [0.25, 0.3) is 0 Å². The smallest absolute Gasteiger partial charge is 0.318 e. The second-order valence-electron chi connectivity index (χ2n) is 3.78. The van der Waals surface area contributed by atoms with Crippen molar-refractivity contribution in [2.45, 2.75) is 43.8 Å². The summed E-state index contributed by atoms with van der Waals surface area (Å²) in [5.74, 6) is -0.298. The average molecular weight is 262 g/mol. The first-order valence-electron chi connectivity index (χ1n) is 5.83. The van der Waals surface area contributed by atoms with Gasteiger partial charge in [-0.25, -0.2) is 0 Å². The Labute approximate surface area is 107 Å². The van der Waals surface area contributed by atoms with Crippen LogP contribution < -0.4 is 0 Å². The van der Waals surface area contributed by atoms with Crippen LogP contribution in [0.1, 0.15) is 38.5 Å². The molecule has 100 valence electrons. The van der Waals surface area contributed by atoms with E-state index in [0.717, 1.165) is 32.1 Å². The van der Waals surface area contributed by atoms with E-state index in [4.69, 9.17) is 4.74 Å². The molecule has 5 heteroatoms. The molecule has 0 aromatic rings. The summed E-state index contributed by atoms with van der Waals surface area (Å²) in [6.45, 7) is 0. The van der Waals surface area contributed by atoms with Crippen LogP contribution in [-0.2, 0) is 19.1 Å². The van der Waals surface area contributed by atoms with Gasteiger partial charge in [0.05, 0.1) is 14.2 Å². The Morgan fingerprint density at radius 1 is 1.06 bits per heavy atom. The van der Waals surface area contributed by atoms with Gasteiger partial charge in [0.15, 0.2) is 0 Å². The predicted molar refractivity (Wildman–Crippen MR) is 69.0 cm³/mol. The van der Waals surface area contributed by atoms with E-state index in [9.17, 15) is 9.59 Å². The molecule has 17 heavy (non-hydrogen) atoms. The number of hydrogen-bond acceptors (Lipinski definition) is 5. The molecule has 0 fully saturated rings. The molecule has 0 rings (SSSR count). The van der Waals surface area contributed by atoms with Gasteiger partial charge in [0.2, 0.25) is 0 Å². The van der Waals surface area contributed by atoms with Crippen molar-refractivity contribution in [1.29, 1.82) is 0 Å². The van der Waals surface area contributed by atoms with Crippen LogP contribution in [0.4, 0.5) is 0 Å². The third kappa shape index (κ3) is 8.07. The van der Waals surface area contributed by atoms with Crippen LogP contribution in [0.5, 0.6) is 0 Å². The lowest BCUT2D eigenvalue weighted by molar-refractivity contribution is -0.141. The molecule has 0 spiro atoms. The lowest BCUT2D eigenvalue weighted by atomic mass is 10.1. The number of esters is 2. The molecule has 0 heterocycles. The minimum absolute atomic E-state index is 0.0550. The lowest BCUT2D eigenvalue weighted by Gasteiger charge is -2.11. The quantitative estimate of drug-likeness (QED) is 0.472.